The lowest BCUT2D eigenvalue weighted by Gasteiger charge is -2.16. The van der Waals surface area contributed by atoms with Crippen LogP contribution in [-0.2, 0) is 0 Å². The highest BCUT2D eigenvalue weighted by Crippen LogP contribution is 2.33. The molecule has 29 heavy (non-hydrogen) atoms. The topological polar surface area (TPSA) is 89.3 Å². The van der Waals surface area contributed by atoms with Crippen molar-refractivity contribution in [3.63, 3.8) is 0 Å². The second-order valence-corrected chi connectivity index (χ2v) is 7.02. The lowest BCUT2D eigenvalue weighted by molar-refractivity contribution is 0.100. The molecule has 4 N–H and O–H groups in total. The fourth-order valence-electron chi connectivity index (χ4n) is 3.57. The smallest absolute Gasteiger partial charge is 0.250 e. The summed E-state index contributed by atoms with van der Waals surface area (Å²) in [5.74, 6) is 0.326. The van der Waals surface area contributed by atoms with Crippen LogP contribution < -0.4 is 21.1 Å². The minimum Gasteiger partial charge on any atom is -0.489 e. The molecule has 1 aliphatic heterocycles. The number of amides is 1. The van der Waals surface area contributed by atoms with Gasteiger partial charge in [0.2, 0.25) is 0 Å². The first kappa shape index (κ1) is 19.0. The number of pyridine rings is 1. The first-order valence-electron chi connectivity index (χ1n) is 9.71. The molecule has 1 aromatic heterocycles. The highest BCUT2D eigenvalue weighted by molar-refractivity contribution is 6.02. The maximum Gasteiger partial charge on any atom is 0.250 e. The lowest BCUT2D eigenvalue weighted by Crippen LogP contribution is -2.19. The van der Waals surface area contributed by atoms with Crippen LogP contribution in [-0.4, -0.2) is 37.1 Å². The predicted molar refractivity (Wildman–Crippen MR) is 115 cm³/mol. The number of nitrogens with zero attached hydrogens (tertiary/aromatic N) is 1. The Morgan fingerprint density at radius 1 is 1.14 bits per heavy atom. The van der Waals surface area contributed by atoms with E-state index in [0.717, 1.165) is 36.4 Å². The van der Waals surface area contributed by atoms with Gasteiger partial charge in [-0.3, -0.25) is 4.79 Å². The van der Waals surface area contributed by atoms with E-state index in [2.05, 4.69) is 10.6 Å². The third kappa shape index (κ3) is 4.07. The summed E-state index contributed by atoms with van der Waals surface area (Å²) in [6.07, 6.45) is 1.21. The predicted octanol–water partition coefficient (Wildman–Crippen LogP) is 3.30. The van der Waals surface area contributed by atoms with E-state index in [0.29, 0.717) is 22.6 Å². The molecule has 1 aliphatic rings. The summed E-state index contributed by atoms with van der Waals surface area (Å²) in [7, 11) is 1.76. The summed E-state index contributed by atoms with van der Waals surface area (Å²) in [4.78, 5) is 17.0. The van der Waals surface area contributed by atoms with E-state index in [4.69, 9.17) is 15.5 Å². The van der Waals surface area contributed by atoms with Gasteiger partial charge in [-0.1, -0.05) is 30.3 Å². The average molecular weight is 388 g/mol. The molecule has 0 unspecified atom stereocenters. The maximum atomic E-state index is 12.1. The molecule has 4 rings (SSSR count). The van der Waals surface area contributed by atoms with Gasteiger partial charge in [0.25, 0.3) is 5.91 Å². The molecule has 0 spiro atoms. The summed E-state index contributed by atoms with van der Waals surface area (Å²) in [6, 6.07) is 19.3. The molecule has 0 radical (unpaired) electrons. The Morgan fingerprint density at radius 2 is 1.90 bits per heavy atom. The van der Waals surface area contributed by atoms with Crippen molar-refractivity contribution in [2.75, 3.05) is 25.5 Å². The SMILES string of the molecule is CNc1c(C(N)=O)cc(-c2ccccc2)nc1-c1ccc(O[C@@H]2CCNC2)cc1. The van der Waals surface area contributed by atoms with E-state index in [-0.39, 0.29) is 6.10 Å². The molecule has 6 nitrogen and oxygen atoms in total. The number of primary amides is 1. The number of hydrogen-bond donors (Lipinski definition) is 3. The molecule has 148 valence electrons. The number of nitrogens with two attached hydrogens (primary N) is 1. The van der Waals surface area contributed by atoms with Gasteiger partial charge in [0.1, 0.15) is 11.9 Å². The van der Waals surface area contributed by atoms with E-state index < -0.39 is 5.91 Å². The van der Waals surface area contributed by atoms with Crippen molar-refractivity contribution in [1.82, 2.24) is 10.3 Å². The molecule has 2 aromatic carbocycles. The highest BCUT2D eigenvalue weighted by atomic mass is 16.5. The molecule has 1 saturated heterocycles. The number of hydrogen-bond acceptors (Lipinski definition) is 5. The van der Waals surface area contributed by atoms with Crippen molar-refractivity contribution < 1.29 is 9.53 Å². The van der Waals surface area contributed by atoms with Crippen LogP contribution in [0.3, 0.4) is 0 Å². The normalized spacial score (nSPS) is 15.8. The zero-order valence-corrected chi connectivity index (χ0v) is 16.3. The molecule has 1 atom stereocenters. The quantitative estimate of drug-likeness (QED) is 0.603. The molecule has 0 saturated carbocycles. The number of rotatable bonds is 6. The van der Waals surface area contributed by atoms with Crippen LogP contribution in [0.2, 0.25) is 0 Å². The summed E-state index contributed by atoms with van der Waals surface area (Å²) < 4.78 is 6.01. The van der Waals surface area contributed by atoms with Gasteiger partial charge in [-0.15, -0.1) is 0 Å². The van der Waals surface area contributed by atoms with Crippen LogP contribution in [0, 0.1) is 0 Å². The number of benzene rings is 2. The van der Waals surface area contributed by atoms with Crippen LogP contribution in [0.5, 0.6) is 5.75 Å². The van der Waals surface area contributed by atoms with Gasteiger partial charge in [-0.05, 0) is 43.3 Å². The van der Waals surface area contributed by atoms with E-state index in [1.54, 1.807) is 13.1 Å². The number of ether oxygens (including phenoxy) is 1. The van der Waals surface area contributed by atoms with Crippen LogP contribution in [0.1, 0.15) is 16.8 Å². The standard InChI is InChI=1S/C23H24N4O2/c1-25-22-19(23(24)28)13-20(15-5-3-2-4-6-15)27-21(22)16-7-9-17(10-8-16)29-18-11-12-26-14-18/h2-10,13,18,25-26H,11-12,14H2,1H3,(H2,24,28)/t18-/m1/s1. The lowest BCUT2D eigenvalue weighted by atomic mass is 10.0. The van der Waals surface area contributed by atoms with Gasteiger partial charge in [0, 0.05) is 24.7 Å². The fourth-order valence-corrected chi connectivity index (χ4v) is 3.57. The first-order chi connectivity index (χ1) is 14.2. The summed E-state index contributed by atoms with van der Waals surface area (Å²) in [6.45, 7) is 1.86. The number of nitrogens with one attached hydrogen (secondary N) is 2. The van der Waals surface area contributed by atoms with Gasteiger partial charge < -0.3 is 21.1 Å². The zero-order valence-electron chi connectivity index (χ0n) is 16.3. The summed E-state index contributed by atoms with van der Waals surface area (Å²) >= 11 is 0. The van der Waals surface area contributed by atoms with E-state index in [9.17, 15) is 4.79 Å². The minimum atomic E-state index is -0.496. The van der Waals surface area contributed by atoms with Gasteiger partial charge in [0.05, 0.1) is 22.6 Å². The Bertz CT molecular complexity index is 997. The highest BCUT2D eigenvalue weighted by Gasteiger charge is 2.19. The Hall–Kier alpha value is -3.38. The van der Waals surface area contributed by atoms with Crippen LogP contribution in [0.25, 0.3) is 22.5 Å². The molecule has 0 bridgehead atoms. The number of anilines is 1. The van der Waals surface area contributed by atoms with Crippen molar-refractivity contribution in [3.05, 3.63) is 66.2 Å². The Labute approximate surface area is 170 Å². The first-order valence-corrected chi connectivity index (χ1v) is 9.71. The van der Waals surface area contributed by atoms with E-state index >= 15 is 0 Å². The molecular formula is C23H24N4O2. The van der Waals surface area contributed by atoms with Crippen molar-refractivity contribution in [1.29, 1.82) is 0 Å². The molecule has 1 amide bonds. The van der Waals surface area contributed by atoms with Crippen LogP contribution in [0.4, 0.5) is 5.69 Å². The average Bonchev–Trinajstić information content (AvgIpc) is 3.27. The molecule has 6 heteroatoms. The van der Waals surface area contributed by atoms with E-state index in [1.165, 1.54) is 0 Å². The monoisotopic (exact) mass is 388 g/mol. The van der Waals surface area contributed by atoms with Crippen molar-refractivity contribution in [2.45, 2.75) is 12.5 Å². The van der Waals surface area contributed by atoms with Gasteiger partial charge in [-0.25, -0.2) is 4.98 Å². The number of carbonyl (C=O) groups excluding carboxylic acids is 1. The third-order valence-electron chi connectivity index (χ3n) is 5.05. The second kappa shape index (κ2) is 8.32. The Balaban J connectivity index is 1.75. The molecule has 0 aliphatic carbocycles. The molecule has 3 aromatic rings. The fraction of sp³-hybridized carbons (Fsp3) is 0.217. The Morgan fingerprint density at radius 3 is 2.52 bits per heavy atom. The third-order valence-corrected chi connectivity index (χ3v) is 5.05. The van der Waals surface area contributed by atoms with Gasteiger partial charge >= 0.3 is 0 Å². The van der Waals surface area contributed by atoms with Gasteiger partial charge in [0.15, 0.2) is 0 Å². The van der Waals surface area contributed by atoms with Crippen molar-refractivity contribution in [2.24, 2.45) is 5.73 Å². The minimum absolute atomic E-state index is 0.203. The second-order valence-electron chi connectivity index (χ2n) is 7.02. The summed E-state index contributed by atoms with van der Waals surface area (Å²) in [5, 5.41) is 6.39. The van der Waals surface area contributed by atoms with E-state index in [1.807, 2.05) is 54.6 Å². The number of aromatic nitrogens is 1. The largest absolute Gasteiger partial charge is 0.489 e. The van der Waals surface area contributed by atoms with Crippen LogP contribution in [0.15, 0.2) is 60.7 Å². The maximum absolute atomic E-state index is 12.1. The van der Waals surface area contributed by atoms with Crippen LogP contribution >= 0.6 is 0 Å². The molecule has 1 fully saturated rings. The van der Waals surface area contributed by atoms with Crippen molar-refractivity contribution in [3.8, 4) is 28.3 Å². The molecular weight excluding hydrogens is 364 g/mol. The summed E-state index contributed by atoms with van der Waals surface area (Å²) in [5.41, 5.74) is 9.88. The number of carbonyl (C=O) groups is 1. The zero-order chi connectivity index (χ0) is 20.2. The Kier molecular flexibility index (Phi) is 5.44. The van der Waals surface area contributed by atoms with Crippen molar-refractivity contribution >= 4 is 11.6 Å². The van der Waals surface area contributed by atoms with Gasteiger partial charge in [-0.2, -0.15) is 0 Å². The molecule has 2 heterocycles.